The van der Waals surface area contributed by atoms with Crippen LogP contribution in [0.4, 0.5) is 0 Å². The lowest BCUT2D eigenvalue weighted by Gasteiger charge is -2.21. The van der Waals surface area contributed by atoms with Gasteiger partial charge < -0.3 is 20.1 Å². The first-order valence-corrected chi connectivity index (χ1v) is 9.31. The average Bonchev–Trinajstić information content (AvgIpc) is 2.60. The van der Waals surface area contributed by atoms with E-state index in [-0.39, 0.29) is 6.10 Å². The van der Waals surface area contributed by atoms with Crippen molar-refractivity contribution in [2.75, 3.05) is 26.8 Å². The summed E-state index contributed by atoms with van der Waals surface area (Å²) < 4.78 is 11.1. The molecule has 0 aliphatic rings. The molecule has 142 valence electrons. The first-order valence-electron chi connectivity index (χ1n) is 9.31. The molecule has 0 bridgehead atoms. The Morgan fingerprint density at radius 2 is 1.84 bits per heavy atom. The van der Waals surface area contributed by atoms with Crippen molar-refractivity contribution in [3.63, 3.8) is 0 Å². The molecule has 25 heavy (non-hydrogen) atoms. The van der Waals surface area contributed by atoms with Gasteiger partial charge >= 0.3 is 0 Å². The normalized spacial score (nSPS) is 13.1. The van der Waals surface area contributed by atoms with E-state index in [9.17, 15) is 0 Å². The van der Waals surface area contributed by atoms with Crippen LogP contribution in [-0.4, -0.2) is 38.9 Å². The number of aliphatic imine (C=N–C) groups is 1. The lowest BCUT2D eigenvalue weighted by atomic mass is 10.0. The quantitative estimate of drug-likeness (QED) is 0.475. The number of benzene rings is 1. The molecule has 0 spiro atoms. The van der Waals surface area contributed by atoms with Gasteiger partial charge in [0.2, 0.25) is 0 Å². The molecule has 0 fully saturated rings. The van der Waals surface area contributed by atoms with Gasteiger partial charge in [0, 0.05) is 26.8 Å². The van der Waals surface area contributed by atoms with Crippen molar-refractivity contribution >= 4 is 5.96 Å². The van der Waals surface area contributed by atoms with E-state index in [2.05, 4.69) is 43.5 Å². The van der Waals surface area contributed by atoms with Crippen molar-refractivity contribution in [2.45, 2.75) is 53.4 Å². The van der Waals surface area contributed by atoms with Crippen LogP contribution in [0.3, 0.4) is 0 Å². The summed E-state index contributed by atoms with van der Waals surface area (Å²) in [5.74, 6) is 1.36. The fourth-order valence-corrected chi connectivity index (χ4v) is 2.67. The Hall–Kier alpha value is -1.59. The molecule has 0 radical (unpaired) electrons. The first-order chi connectivity index (χ1) is 12.1. The van der Waals surface area contributed by atoms with E-state index in [0.717, 1.165) is 32.1 Å². The highest BCUT2D eigenvalue weighted by atomic mass is 16.5. The predicted octanol–water partition coefficient (Wildman–Crippen LogP) is 3.34. The van der Waals surface area contributed by atoms with E-state index in [4.69, 9.17) is 14.5 Å². The molecule has 1 unspecified atom stereocenters. The molecule has 0 aromatic heterocycles. The fourth-order valence-electron chi connectivity index (χ4n) is 2.67. The molecule has 0 amide bonds. The molecule has 1 aromatic carbocycles. The molecular weight excluding hydrogens is 314 g/mol. The number of methoxy groups -OCH3 is 1. The van der Waals surface area contributed by atoms with Crippen molar-refractivity contribution in [2.24, 2.45) is 10.9 Å². The number of hydrogen-bond acceptors (Lipinski definition) is 3. The Bertz CT molecular complexity index is 503. The van der Waals surface area contributed by atoms with Crippen LogP contribution in [0, 0.1) is 5.92 Å². The summed E-state index contributed by atoms with van der Waals surface area (Å²) in [6.07, 6.45) is 1.25. The highest BCUT2D eigenvalue weighted by Gasteiger charge is 2.13. The summed E-state index contributed by atoms with van der Waals surface area (Å²) in [5.41, 5.74) is 2.37. The number of guanidine groups is 1. The maximum Gasteiger partial charge on any atom is 0.191 e. The average molecular weight is 350 g/mol. The molecule has 5 nitrogen and oxygen atoms in total. The van der Waals surface area contributed by atoms with Crippen molar-refractivity contribution in [1.29, 1.82) is 0 Å². The largest absolute Gasteiger partial charge is 0.380 e. The predicted molar refractivity (Wildman–Crippen MR) is 105 cm³/mol. The molecule has 1 aromatic rings. The van der Waals surface area contributed by atoms with Crippen molar-refractivity contribution in [3.8, 4) is 0 Å². The zero-order chi connectivity index (χ0) is 18.5. The Kier molecular flexibility index (Phi) is 10.9. The third-order valence-corrected chi connectivity index (χ3v) is 4.02. The van der Waals surface area contributed by atoms with E-state index < -0.39 is 0 Å². The van der Waals surface area contributed by atoms with Gasteiger partial charge in [0.1, 0.15) is 0 Å². The summed E-state index contributed by atoms with van der Waals surface area (Å²) in [7, 11) is 1.72. The number of nitrogens with one attached hydrogen (secondary N) is 2. The maximum absolute atomic E-state index is 5.80. The Balaban J connectivity index is 2.62. The molecule has 0 heterocycles. The highest BCUT2D eigenvalue weighted by molar-refractivity contribution is 5.79. The van der Waals surface area contributed by atoms with Gasteiger partial charge in [-0.2, -0.15) is 0 Å². The van der Waals surface area contributed by atoms with Crippen LogP contribution >= 0.6 is 0 Å². The van der Waals surface area contributed by atoms with Gasteiger partial charge in [-0.1, -0.05) is 38.1 Å². The van der Waals surface area contributed by atoms with Crippen LogP contribution in [0.15, 0.2) is 29.3 Å². The number of rotatable bonds is 11. The van der Waals surface area contributed by atoms with Crippen LogP contribution in [-0.2, 0) is 22.6 Å². The second-order valence-electron chi connectivity index (χ2n) is 6.35. The lowest BCUT2D eigenvalue weighted by molar-refractivity contribution is 0.0258. The second-order valence-corrected chi connectivity index (χ2v) is 6.35. The minimum Gasteiger partial charge on any atom is -0.380 e. The van der Waals surface area contributed by atoms with Gasteiger partial charge in [-0.15, -0.1) is 0 Å². The van der Waals surface area contributed by atoms with Crippen molar-refractivity contribution in [3.05, 3.63) is 35.4 Å². The van der Waals surface area contributed by atoms with Crippen LogP contribution in [0.1, 0.15) is 45.2 Å². The number of nitrogens with zero attached hydrogens (tertiary/aromatic N) is 1. The third-order valence-electron chi connectivity index (χ3n) is 4.02. The van der Waals surface area contributed by atoms with Crippen molar-refractivity contribution < 1.29 is 9.47 Å². The van der Waals surface area contributed by atoms with E-state index in [0.29, 0.717) is 19.1 Å². The monoisotopic (exact) mass is 349 g/mol. The van der Waals surface area contributed by atoms with Crippen LogP contribution < -0.4 is 10.6 Å². The first kappa shape index (κ1) is 21.5. The molecule has 0 saturated heterocycles. The van der Waals surface area contributed by atoms with E-state index in [1.165, 1.54) is 11.1 Å². The summed E-state index contributed by atoms with van der Waals surface area (Å²) in [6.45, 7) is 12.2. The summed E-state index contributed by atoms with van der Waals surface area (Å²) in [5, 5.41) is 6.72. The van der Waals surface area contributed by atoms with Crippen LogP contribution in [0.2, 0.25) is 0 Å². The number of ether oxygens (including phenoxy) is 2. The van der Waals surface area contributed by atoms with Gasteiger partial charge in [-0.25, -0.2) is 4.99 Å². The molecular formula is C20H35N3O2. The topological polar surface area (TPSA) is 54.9 Å². The molecule has 0 aliphatic carbocycles. The minimum atomic E-state index is 0.280. The molecule has 5 heteroatoms. The molecule has 0 saturated carbocycles. The summed E-state index contributed by atoms with van der Waals surface area (Å²) in [6, 6.07) is 8.26. The zero-order valence-corrected chi connectivity index (χ0v) is 16.5. The van der Waals surface area contributed by atoms with E-state index in [1.807, 2.05) is 19.1 Å². The van der Waals surface area contributed by atoms with Crippen molar-refractivity contribution in [1.82, 2.24) is 10.6 Å². The Morgan fingerprint density at radius 1 is 1.12 bits per heavy atom. The molecule has 0 aliphatic heterocycles. The van der Waals surface area contributed by atoms with Gasteiger partial charge in [0.15, 0.2) is 5.96 Å². The SMILES string of the molecule is CCNC(=NCc1ccccc1COC)NCCC(OCC)C(C)C. The van der Waals surface area contributed by atoms with Gasteiger partial charge in [-0.05, 0) is 37.3 Å². The summed E-state index contributed by atoms with van der Waals surface area (Å²) in [4.78, 5) is 4.71. The third kappa shape index (κ3) is 8.36. The molecule has 2 N–H and O–H groups in total. The van der Waals surface area contributed by atoms with Gasteiger partial charge in [0.05, 0.1) is 19.3 Å². The minimum absolute atomic E-state index is 0.280. The number of hydrogen-bond donors (Lipinski definition) is 2. The highest BCUT2D eigenvalue weighted by Crippen LogP contribution is 2.12. The smallest absolute Gasteiger partial charge is 0.191 e. The summed E-state index contributed by atoms with van der Waals surface area (Å²) >= 11 is 0. The van der Waals surface area contributed by atoms with Crippen LogP contribution in [0.25, 0.3) is 0 Å². The molecule has 1 atom stereocenters. The van der Waals surface area contributed by atoms with E-state index >= 15 is 0 Å². The second kappa shape index (κ2) is 12.7. The van der Waals surface area contributed by atoms with Gasteiger partial charge in [-0.3, -0.25) is 0 Å². The van der Waals surface area contributed by atoms with Crippen LogP contribution in [0.5, 0.6) is 0 Å². The molecule has 1 rings (SSSR count). The standard InChI is InChI=1S/C20H35N3O2/c1-6-21-20(22-13-12-19(16(3)4)25-7-2)23-14-17-10-8-9-11-18(17)15-24-5/h8-11,16,19H,6-7,12-15H2,1-5H3,(H2,21,22,23). The lowest BCUT2D eigenvalue weighted by Crippen LogP contribution is -2.39. The Morgan fingerprint density at radius 3 is 2.44 bits per heavy atom. The Labute approximate surface area is 153 Å². The van der Waals surface area contributed by atoms with Gasteiger partial charge in [0.25, 0.3) is 0 Å². The zero-order valence-electron chi connectivity index (χ0n) is 16.5. The van der Waals surface area contributed by atoms with E-state index in [1.54, 1.807) is 7.11 Å². The maximum atomic E-state index is 5.80. The fraction of sp³-hybridized carbons (Fsp3) is 0.650.